The first kappa shape index (κ1) is 29.8. The summed E-state index contributed by atoms with van der Waals surface area (Å²) >= 11 is 12.9. The fraction of sp³-hybridized carbons (Fsp3) is 0.484. The minimum absolute atomic E-state index is 0.171. The Morgan fingerprint density at radius 1 is 1.11 bits per heavy atom. The number of halogens is 3. The molecule has 1 aromatic carbocycles. The summed E-state index contributed by atoms with van der Waals surface area (Å²) < 4.78 is 52.4. The van der Waals surface area contributed by atoms with E-state index in [0.717, 1.165) is 43.1 Å². The van der Waals surface area contributed by atoms with Crippen molar-refractivity contribution < 1.29 is 31.7 Å². The highest BCUT2D eigenvalue weighted by atomic mass is 35.5. The molecule has 232 valence electrons. The second-order valence-corrected chi connectivity index (χ2v) is 15.3. The highest BCUT2D eigenvalue weighted by Crippen LogP contribution is 2.47. The van der Waals surface area contributed by atoms with Crippen LogP contribution < -0.4 is 4.90 Å². The zero-order chi connectivity index (χ0) is 30.7. The van der Waals surface area contributed by atoms with Crippen LogP contribution in [-0.2, 0) is 26.0 Å². The molecule has 3 saturated carbocycles. The van der Waals surface area contributed by atoms with E-state index in [-0.39, 0.29) is 36.3 Å². The molecule has 44 heavy (non-hydrogen) atoms. The second kappa shape index (κ2) is 11.5. The van der Waals surface area contributed by atoms with E-state index in [1.54, 1.807) is 18.2 Å². The van der Waals surface area contributed by atoms with Crippen LogP contribution in [0.4, 0.5) is 10.1 Å². The molecule has 2 bridgehead atoms. The molecule has 9 nitrogen and oxygen atoms in total. The van der Waals surface area contributed by atoms with E-state index >= 15 is 4.39 Å². The van der Waals surface area contributed by atoms with Gasteiger partial charge in [0.1, 0.15) is 22.9 Å². The average molecular weight is 663 g/mol. The van der Waals surface area contributed by atoms with Gasteiger partial charge in [-0.25, -0.2) is 17.8 Å². The molecule has 3 atom stereocenters. The summed E-state index contributed by atoms with van der Waals surface area (Å²) in [7, 11) is -3.68. The van der Waals surface area contributed by atoms with Crippen LogP contribution in [0.15, 0.2) is 35.0 Å². The Morgan fingerprint density at radius 2 is 1.84 bits per heavy atom. The van der Waals surface area contributed by atoms with E-state index in [1.807, 2.05) is 0 Å². The molecule has 3 aromatic rings. The summed E-state index contributed by atoms with van der Waals surface area (Å²) in [4.78, 5) is 31.6. The molecule has 4 aliphatic rings. The molecular weight excluding hydrogens is 632 g/mol. The number of Topliss-reactive ketones (excluding diaryl/α,β-unsaturated/α-hetero) is 1. The molecule has 1 amide bonds. The van der Waals surface area contributed by atoms with E-state index in [0.29, 0.717) is 47.0 Å². The monoisotopic (exact) mass is 661 g/mol. The van der Waals surface area contributed by atoms with Gasteiger partial charge in [0, 0.05) is 29.2 Å². The van der Waals surface area contributed by atoms with E-state index in [2.05, 4.69) is 10.1 Å². The lowest BCUT2D eigenvalue weighted by Crippen LogP contribution is -2.43. The average Bonchev–Trinajstić information content (AvgIpc) is 3.33. The van der Waals surface area contributed by atoms with E-state index in [1.165, 1.54) is 11.1 Å². The van der Waals surface area contributed by atoms with Crippen molar-refractivity contribution in [3.05, 3.63) is 63.3 Å². The predicted octanol–water partition coefficient (Wildman–Crippen LogP) is 6.31. The summed E-state index contributed by atoms with van der Waals surface area (Å²) in [5, 5.41) is 4.63. The zero-order valence-corrected chi connectivity index (χ0v) is 26.0. The SMILES string of the molecule is O=C(CS(=O)(=O)C1CCCC1)c1ncc(N2C(=O)[C@@H]3C[C@H]2C[C@H]3OCc2c(-c3c(Cl)cccc3Cl)noc2C2CC2)cc1F. The molecule has 7 rings (SSSR count). The van der Waals surface area contributed by atoms with Gasteiger partial charge in [0.2, 0.25) is 5.91 Å². The fourth-order valence-corrected chi connectivity index (χ4v) is 9.31. The smallest absolute Gasteiger partial charge is 0.233 e. The predicted molar refractivity (Wildman–Crippen MR) is 161 cm³/mol. The minimum Gasteiger partial charge on any atom is -0.372 e. The Kier molecular flexibility index (Phi) is 7.79. The number of carbonyl (C=O) groups excluding carboxylic acids is 2. The van der Waals surface area contributed by atoms with Gasteiger partial charge in [-0.2, -0.15) is 0 Å². The lowest BCUT2D eigenvalue weighted by atomic mass is 10.0. The van der Waals surface area contributed by atoms with Gasteiger partial charge in [-0.1, -0.05) is 47.3 Å². The number of carbonyl (C=O) groups is 2. The maximum absolute atomic E-state index is 15.1. The van der Waals surface area contributed by atoms with Gasteiger partial charge in [0.05, 0.1) is 45.8 Å². The molecule has 0 radical (unpaired) electrons. The topological polar surface area (TPSA) is 120 Å². The molecule has 3 aliphatic carbocycles. The first-order chi connectivity index (χ1) is 21.1. The van der Waals surface area contributed by atoms with Gasteiger partial charge in [-0.05, 0) is 50.7 Å². The molecule has 0 N–H and O–H groups in total. The molecule has 3 heterocycles. The van der Waals surface area contributed by atoms with Crippen molar-refractivity contribution in [2.75, 3.05) is 10.7 Å². The first-order valence-electron chi connectivity index (χ1n) is 14.9. The Bertz CT molecular complexity index is 1730. The number of fused-ring (bicyclic) bond motifs is 2. The Hall–Kier alpha value is -2.86. The van der Waals surface area contributed by atoms with E-state index in [9.17, 15) is 18.0 Å². The number of piperidine rings is 1. The van der Waals surface area contributed by atoms with Gasteiger partial charge in [-0.3, -0.25) is 9.59 Å². The standard InChI is InChI=1S/C31H30Cl2FN3O6S/c32-22-6-3-7-23(33)27(22)28-21(30(43-36-28)16-8-9-16)14-42-26-12-17-10-20(26)31(39)37(17)18-11-24(34)29(35-13-18)25(38)15-44(40,41)19-4-1-2-5-19/h3,6-7,11,13,16-17,19-20,26H,1-2,4-5,8-10,12,14-15H2/t17-,20+,26+/m0/s1. The number of pyridine rings is 1. The van der Waals surface area contributed by atoms with E-state index in [4.69, 9.17) is 32.5 Å². The quantitative estimate of drug-likeness (QED) is 0.232. The first-order valence-corrected chi connectivity index (χ1v) is 17.4. The van der Waals surface area contributed by atoms with Crippen LogP contribution in [-0.4, -0.2) is 53.4 Å². The van der Waals surface area contributed by atoms with Gasteiger partial charge >= 0.3 is 0 Å². The van der Waals surface area contributed by atoms with E-state index < -0.39 is 44.1 Å². The molecule has 13 heteroatoms. The third kappa shape index (κ3) is 5.35. The molecular formula is C31H30Cl2FN3O6S. The van der Waals surface area contributed by atoms with Crippen LogP contribution in [0.25, 0.3) is 11.3 Å². The van der Waals surface area contributed by atoms with Crippen LogP contribution in [0.2, 0.25) is 10.0 Å². The van der Waals surface area contributed by atoms with Crippen molar-refractivity contribution in [3.8, 4) is 11.3 Å². The van der Waals surface area contributed by atoms with Crippen molar-refractivity contribution in [3.63, 3.8) is 0 Å². The number of benzene rings is 1. The normalized spacial score (nSPS) is 23.7. The molecule has 1 aliphatic heterocycles. The Morgan fingerprint density at radius 3 is 2.50 bits per heavy atom. The number of amides is 1. The zero-order valence-electron chi connectivity index (χ0n) is 23.7. The summed E-state index contributed by atoms with van der Waals surface area (Å²) in [6.45, 7) is 0.171. The maximum Gasteiger partial charge on any atom is 0.233 e. The lowest BCUT2D eigenvalue weighted by Gasteiger charge is -2.31. The molecule has 4 fully saturated rings. The summed E-state index contributed by atoms with van der Waals surface area (Å²) in [6.07, 6.45) is 6.60. The number of rotatable bonds is 10. The van der Waals surface area contributed by atoms with Gasteiger partial charge in [0.15, 0.2) is 21.4 Å². The van der Waals surface area contributed by atoms with Crippen LogP contribution in [0.5, 0.6) is 0 Å². The Balaban J connectivity index is 1.04. The molecule has 1 saturated heterocycles. The molecule has 0 spiro atoms. The Labute approximate surface area is 264 Å². The van der Waals surface area contributed by atoms with Crippen LogP contribution >= 0.6 is 23.2 Å². The molecule has 2 aromatic heterocycles. The van der Waals surface area contributed by atoms with Crippen molar-refractivity contribution in [1.29, 1.82) is 0 Å². The van der Waals surface area contributed by atoms with Gasteiger partial charge in [-0.15, -0.1) is 0 Å². The molecule has 0 unspecified atom stereocenters. The summed E-state index contributed by atoms with van der Waals surface area (Å²) in [5.41, 5.74) is 1.59. The third-order valence-electron chi connectivity index (χ3n) is 9.32. The van der Waals surface area contributed by atoms with Crippen LogP contribution in [0, 0.1) is 11.7 Å². The van der Waals surface area contributed by atoms with Crippen LogP contribution in [0.3, 0.4) is 0 Å². The van der Waals surface area contributed by atoms with Crippen molar-refractivity contribution in [2.24, 2.45) is 5.92 Å². The number of sulfone groups is 1. The van der Waals surface area contributed by atoms with Gasteiger partial charge < -0.3 is 14.2 Å². The summed E-state index contributed by atoms with van der Waals surface area (Å²) in [5.74, 6) is -2.22. The van der Waals surface area contributed by atoms with Crippen molar-refractivity contribution >= 4 is 50.4 Å². The maximum atomic E-state index is 15.1. The number of ketones is 1. The third-order valence-corrected chi connectivity index (χ3v) is 12.1. The van der Waals surface area contributed by atoms with Crippen molar-refractivity contribution in [2.45, 2.75) is 81.3 Å². The van der Waals surface area contributed by atoms with Crippen LogP contribution in [0.1, 0.15) is 79.1 Å². The fourth-order valence-electron chi connectivity index (χ4n) is 6.94. The highest BCUT2D eigenvalue weighted by molar-refractivity contribution is 7.92. The second-order valence-electron chi connectivity index (χ2n) is 12.2. The number of aromatic nitrogens is 2. The number of hydrogen-bond donors (Lipinski definition) is 0. The summed E-state index contributed by atoms with van der Waals surface area (Å²) in [6, 6.07) is 6.09. The minimum atomic E-state index is -3.68. The van der Waals surface area contributed by atoms with Gasteiger partial charge in [0.25, 0.3) is 0 Å². The lowest BCUT2D eigenvalue weighted by molar-refractivity contribution is -0.126. The van der Waals surface area contributed by atoms with Crippen molar-refractivity contribution in [1.82, 2.24) is 10.1 Å². The number of hydrogen-bond acceptors (Lipinski definition) is 8. The number of ether oxygens (including phenoxy) is 1. The number of nitrogens with zero attached hydrogens (tertiary/aromatic N) is 3. The largest absolute Gasteiger partial charge is 0.372 e. The highest BCUT2D eigenvalue weighted by Gasteiger charge is 2.52. The number of anilines is 1.